The highest BCUT2D eigenvalue weighted by molar-refractivity contribution is 7.99. The fraction of sp³-hybridized carbons (Fsp3) is 0.368. The summed E-state index contributed by atoms with van der Waals surface area (Å²) in [5, 5.41) is 3.46. The minimum absolute atomic E-state index is 0.675. The first kappa shape index (κ1) is 15.4. The van der Waals surface area contributed by atoms with Gasteiger partial charge in [0.1, 0.15) is 5.75 Å². The zero-order chi connectivity index (χ0) is 15.4. The molecule has 0 atom stereocenters. The third-order valence-corrected chi connectivity index (χ3v) is 5.29. The van der Waals surface area contributed by atoms with Crippen LogP contribution in [0.2, 0.25) is 0 Å². The van der Waals surface area contributed by atoms with Crippen LogP contribution in [-0.2, 0) is 0 Å². The number of ether oxygens (including phenoxy) is 1. The maximum Gasteiger partial charge on any atom is 0.119 e. The predicted octanol–water partition coefficient (Wildman–Crippen LogP) is 4.62. The van der Waals surface area contributed by atoms with Crippen LogP contribution in [0.5, 0.6) is 5.75 Å². The monoisotopic (exact) mass is 313 g/mol. The van der Waals surface area contributed by atoms with Gasteiger partial charge >= 0.3 is 0 Å². The van der Waals surface area contributed by atoms with Crippen molar-refractivity contribution in [2.24, 2.45) is 0 Å². The molecule has 1 heterocycles. The first-order valence-corrected chi connectivity index (χ1v) is 8.71. The molecule has 1 N–H and O–H groups in total. The summed E-state index contributed by atoms with van der Waals surface area (Å²) in [6, 6.07) is 15.2. The fourth-order valence-electron chi connectivity index (χ4n) is 3.00. The molecule has 0 bridgehead atoms. The van der Waals surface area contributed by atoms with Crippen LogP contribution in [0.1, 0.15) is 29.9 Å². The molecule has 0 aromatic heterocycles. The van der Waals surface area contributed by atoms with Gasteiger partial charge in [-0.25, -0.2) is 0 Å². The average molecular weight is 313 g/mol. The molecular formula is C19H23NOS. The van der Waals surface area contributed by atoms with Gasteiger partial charge in [-0.3, -0.25) is 0 Å². The maximum atomic E-state index is 5.34. The van der Waals surface area contributed by atoms with Crippen LogP contribution >= 0.6 is 11.8 Å². The van der Waals surface area contributed by atoms with Crippen molar-refractivity contribution < 1.29 is 4.74 Å². The molecule has 2 nitrogen and oxygen atoms in total. The predicted molar refractivity (Wildman–Crippen MR) is 93.1 cm³/mol. The highest BCUT2D eigenvalue weighted by atomic mass is 32.2. The van der Waals surface area contributed by atoms with Crippen LogP contribution in [0.4, 0.5) is 0 Å². The first-order chi connectivity index (χ1) is 10.8. The Morgan fingerprint density at radius 1 is 1.09 bits per heavy atom. The van der Waals surface area contributed by atoms with Crippen LogP contribution < -0.4 is 10.1 Å². The van der Waals surface area contributed by atoms with E-state index in [1.165, 1.54) is 33.8 Å². The summed E-state index contributed by atoms with van der Waals surface area (Å²) in [6.45, 7) is 4.44. The second-order valence-electron chi connectivity index (χ2n) is 5.85. The minimum Gasteiger partial charge on any atom is -0.497 e. The zero-order valence-corrected chi connectivity index (χ0v) is 14.1. The largest absolute Gasteiger partial charge is 0.497 e. The van der Waals surface area contributed by atoms with Crippen molar-refractivity contribution >= 4 is 11.8 Å². The molecule has 1 saturated heterocycles. The van der Waals surface area contributed by atoms with Crippen LogP contribution in [0.15, 0.2) is 52.3 Å². The quantitative estimate of drug-likeness (QED) is 0.890. The normalized spacial score (nSPS) is 15.7. The highest BCUT2D eigenvalue weighted by Crippen LogP contribution is 2.38. The van der Waals surface area contributed by atoms with Crippen molar-refractivity contribution in [1.29, 1.82) is 0 Å². The lowest BCUT2D eigenvalue weighted by atomic mass is 9.89. The van der Waals surface area contributed by atoms with Crippen LogP contribution in [0, 0.1) is 6.92 Å². The van der Waals surface area contributed by atoms with Crippen molar-refractivity contribution in [2.45, 2.75) is 35.5 Å². The third-order valence-electron chi connectivity index (χ3n) is 4.21. The van der Waals surface area contributed by atoms with E-state index in [1.54, 1.807) is 7.11 Å². The summed E-state index contributed by atoms with van der Waals surface area (Å²) in [4.78, 5) is 2.61. The summed E-state index contributed by atoms with van der Waals surface area (Å²) in [7, 11) is 1.72. The zero-order valence-electron chi connectivity index (χ0n) is 13.3. The summed E-state index contributed by atoms with van der Waals surface area (Å²) in [6.07, 6.45) is 2.46. The van der Waals surface area contributed by atoms with Crippen molar-refractivity contribution in [3.05, 3.63) is 53.6 Å². The van der Waals surface area contributed by atoms with Crippen molar-refractivity contribution in [3.63, 3.8) is 0 Å². The number of aryl methyl sites for hydroxylation is 1. The second-order valence-corrected chi connectivity index (χ2v) is 6.96. The van der Waals surface area contributed by atoms with Gasteiger partial charge in [-0.15, -0.1) is 0 Å². The van der Waals surface area contributed by atoms with E-state index in [0.717, 1.165) is 18.8 Å². The van der Waals surface area contributed by atoms with Crippen molar-refractivity contribution in [1.82, 2.24) is 5.32 Å². The molecule has 0 unspecified atom stereocenters. The number of nitrogens with one attached hydrogen (secondary N) is 1. The highest BCUT2D eigenvalue weighted by Gasteiger charge is 2.19. The average Bonchev–Trinajstić information content (AvgIpc) is 2.57. The molecule has 116 valence electrons. The van der Waals surface area contributed by atoms with Gasteiger partial charge in [-0.2, -0.15) is 0 Å². The number of methoxy groups -OCH3 is 1. The van der Waals surface area contributed by atoms with E-state index in [1.807, 2.05) is 17.8 Å². The van der Waals surface area contributed by atoms with Gasteiger partial charge in [-0.1, -0.05) is 35.5 Å². The Morgan fingerprint density at radius 3 is 2.68 bits per heavy atom. The Bertz CT molecular complexity index is 635. The van der Waals surface area contributed by atoms with E-state index in [0.29, 0.717) is 5.92 Å². The second kappa shape index (κ2) is 7.21. The topological polar surface area (TPSA) is 21.3 Å². The van der Waals surface area contributed by atoms with Crippen molar-refractivity contribution in [2.75, 3.05) is 20.2 Å². The molecule has 1 aliphatic heterocycles. The van der Waals surface area contributed by atoms with Gasteiger partial charge in [0, 0.05) is 9.79 Å². The van der Waals surface area contributed by atoms with E-state index in [4.69, 9.17) is 4.74 Å². The maximum absolute atomic E-state index is 5.34. The lowest BCUT2D eigenvalue weighted by Crippen LogP contribution is -2.26. The summed E-state index contributed by atoms with van der Waals surface area (Å²) in [5.41, 5.74) is 2.86. The fourth-order valence-corrected chi connectivity index (χ4v) is 4.06. The molecule has 0 amide bonds. The Labute approximate surface area is 137 Å². The first-order valence-electron chi connectivity index (χ1n) is 7.89. The smallest absolute Gasteiger partial charge is 0.119 e. The van der Waals surface area contributed by atoms with Gasteiger partial charge in [0.05, 0.1) is 7.11 Å². The Balaban J connectivity index is 1.88. The Morgan fingerprint density at radius 2 is 1.91 bits per heavy atom. The SMILES string of the molecule is COc1cccc(Sc2ccc(C)cc2C2CCNCC2)c1. The molecule has 0 aliphatic carbocycles. The van der Waals surface area contributed by atoms with E-state index in [2.05, 4.69) is 48.6 Å². The molecule has 1 aliphatic rings. The van der Waals surface area contributed by atoms with Crippen LogP contribution in [-0.4, -0.2) is 20.2 Å². The molecule has 0 saturated carbocycles. The molecule has 22 heavy (non-hydrogen) atoms. The lowest BCUT2D eigenvalue weighted by molar-refractivity contribution is 0.413. The van der Waals surface area contributed by atoms with Gasteiger partial charge in [-0.05, 0) is 68.6 Å². The number of hydrogen-bond acceptors (Lipinski definition) is 3. The van der Waals surface area contributed by atoms with E-state index in [-0.39, 0.29) is 0 Å². The lowest BCUT2D eigenvalue weighted by Gasteiger charge is -2.25. The molecule has 3 rings (SSSR count). The molecule has 0 spiro atoms. The number of hydrogen-bond donors (Lipinski definition) is 1. The number of piperidine rings is 1. The summed E-state index contributed by atoms with van der Waals surface area (Å²) < 4.78 is 5.34. The Hall–Kier alpha value is -1.45. The van der Waals surface area contributed by atoms with Gasteiger partial charge in [0.25, 0.3) is 0 Å². The van der Waals surface area contributed by atoms with Gasteiger partial charge < -0.3 is 10.1 Å². The standard InChI is InChI=1S/C19H23NOS/c1-14-6-7-19(18(12-14)15-8-10-20-11-9-15)22-17-5-3-4-16(13-17)21-2/h3-7,12-13,15,20H,8-11H2,1-2H3. The molecule has 2 aromatic carbocycles. The van der Waals surface area contributed by atoms with E-state index < -0.39 is 0 Å². The van der Waals surface area contributed by atoms with E-state index >= 15 is 0 Å². The van der Waals surface area contributed by atoms with Crippen LogP contribution in [0.3, 0.4) is 0 Å². The molecule has 2 aromatic rings. The molecule has 1 fully saturated rings. The molecule has 0 radical (unpaired) electrons. The Kier molecular flexibility index (Phi) is 5.06. The summed E-state index contributed by atoms with van der Waals surface area (Å²) in [5.74, 6) is 1.59. The minimum atomic E-state index is 0.675. The summed E-state index contributed by atoms with van der Waals surface area (Å²) >= 11 is 1.85. The third kappa shape index (κ3) is 3.65. The van der Waals surface area contributed by atoms with Gasteiger partial charge in [0.2, 0.25) is 0 Å². The molecular weight excluding hydrogens is 290 g/mol. The number of benzene rings is 2. The van der Waals surface area contributed by atoms with Crippen molar-refractivity contribution in [3.8, 4) is 5.75 Å². The molecule has 3 heteroatoms. The van der Waals surface area contributed by atoms with Gasteiger partial charge in [0.15, 0.2) is 0 Å². The van der Waals surface area contributed by atoms with E-state index in [9.17, 15) is 0 Å². The van der Waals surface area contributed by atoms with Crippen LogP contribution in [0.25, 0.3) is 0 Å². The number of rotatable bonds is 4.